The maximum atomic E-state index is 11.5. The third-order valence-electron chi connectivity index (χ3n) is 2.87. The van der Waals surface area contributed by atoms with Crippen LogP contribution in [0.5, 0.6) is 0 Å². The molecule has 5 nitrogen and oxygen atoms in total. The van der Waals surface area contributed by atoms with Crippen LogP contribution in [-0.2, 0) is 16.1 Å². The molecule has 0 radical (unpaired) electrons. The van der Waals surface area contributed by atoms with Crippen molar-refractivity contribution in [2.45, 2.75) is 39.2 Å². The third-order valence-corrected chi connectivity index (χ3v) is 2.87. The van der Waals surface area contributed by atoms with Crippen molar-refractivity contribution in [3.05, 3.63) is 17.6 Å². The summed E-state index contributed by atoms with van der Waals surface area (Å²) in [5.41, 5.74) is 7.71. The molecule has 0 aliphatic heterocycles. The summed E-state index contributed by atoms with van der Waals surface area (Å²) in [7, 11) is 0. The van der Waals surface area contributed by atoms with Crippen molar-refractivity contribution >= 4 is 11.8 Å². The van der Waals surface area contributed by atoms with Gasteiger partial charge in [-0.15, -0.1) is 0 Å². The molecule has 0 saturated heterocycles. The van der Waals surface area contributed by atoms with Gasteiger partial charge in [0, 0.05) is 5.92 Å². The Morgan fingerprint density at radius 1 is 1.65 bits per heavy atom. The van der Waals surface area contributed by atoms with Crippen molar-refractivity contribution in [2.24, 2.45) is 0 Å². The Hall–Kier alpha value is -1.65. The number of hydrogen-bond acceptors (Lipinski definition) is 4. The monoisotopic (exact) mass is 236 g/mol. The number of rotatable bonds is 4. The van der Waals surface area contributed by atoms with E-state index in [1.807, 2.05) is 13.1 Å². The van der Waals surface area contributed by atoms with Gasteiger partial charge in [-0.05, 0) is 26.7 Å². The molecule has 1 heterocycles. The summed E-state index contributed by atoms with van der Waals surface area (Å²) in [4.78, 5) is 15.9. The Kier molecular flexibility index (Phi) is 3.26. The molecular formula is C12H18N3O2+. The van der Waals surface area contributed by atoms with Crippen molar-refractivity contribution in [1.29, 1.82) is 0 Å². The van der Waals surface area contributed by atoms with E-state index in [0.29, 0.717) is 18.3 Å². The Bertz CT molecular complexity index is 442. The molecule has 1 aromatic heterocycles. The van der Waals surface area contributed by atoms with Gasteiger partial charge in [0.15, 0.2) is 6.54 Å². The molecule has 0 spiro atoms. The van der Waals surface area contributed by atoms with E-state index in [-0.39, 0.29) is 12.5 Å². The van der Waals surface area contributed by atoms with E-state index in [1.54, 1.807) is 11.5 Å². The van der Waals surface area contributed by atoms with E-state index < -0.39 is 0 Å². The molecule has 92 valence electrons. The Morgan fingerprint density at radius 3 is 2.94 bits per heavy atom. The van der Waals surface area contributed by atoms with Gasteiger partial charge in [-0.2, -0.15) is 0 Å². The normalized spacial score (nSPS) is 14.7. The smallest absolute Gasteiger partial charge is 0.348 e. The molecule has 1 aromatic rings. The molecule has 17 heavy (non-hydrogen) atoms. The lowest BCUT2D eigenvalue weighted by Crippen LogP contribution is -2.42. The van der Waals surface area contributed by atoms with Crippen molar-refractivity contribution < 1.29 is 14.1 Å². The molecule has 1 saturated carbocycles. The first-order chi connectivity index (χ1) is 8.11. The summed E-state index contributed by atoms with van der Waals surface area (Å²) < 4.78 is 6.65. The summed E-state index contributed by atoms with van der Waals surface area (Å²) >= 11 is 0. The number of aromatic nitrogens is 2. The highest BCUT2D eigenvalue weighted by Crippen LogP contribution is 2.38. The van der Waals surface area contributed by atoms with E-state index in [2.05, 4.69) is 4.98 Å². The number of aryl methyl sites for hydroxylation is 1. The van der Waals surface area contributed by atoms with Gasteiger partial charge in [-0.25, -0.2) is 14.3 Å². The summed E-state index contributed by atoms with van der Waals surface area (Å²) in [6, 6.07) is 0. The highest BCUT2D eigenvalue weighted by molar-refractivity contribution is 5.67. The van der Waals surface area contributed by atoms with Crippen molar-refractivity contribution in [3.63, 3.8) is 0 Å². The van der Waals surface area contributed by atoms with Crippen molar-refractivity contribution in [3.8, 4) is 0 Å². The lowest BCUT2D eigenvalue weighted by molar-refractivity contribution is -0.672. The molecule has 1 aliphatic carbocycles. The highest BCUT2D eigenvalue weighted by Gasteiger charge is 2.28. The number of hydrogen-bond donors (Lipinski definition) is 1. The predicted molar refractivity (Wildman–Crippen MR) is 62.2 cm³/mol. The van der Waals surface area contributed by atoms with Crippen LogP contribution in [0.15, 0.2) is 6.20 Å². The van der Waals surface area contributed by atoms with Crippen LogP contribution in [0.3, 0.4) is 0 Å². The Balaban J connectivity index is 2.22. The van der Waals surface area contributed by atoms with Crippen LogP contribution in [0.1, 0.15) is 37.1 Å². The van der Waals surface area contributed by atoms with Gasteiger partial charge in [0.1, 0.15) is 11.9 Å². The fraction of sp³-hybridized carbons (Fsp3) is 0.583. The van der Waals surface area contributed by atoms with Gasteiger partial charge in [-0.1, -0.05) is 0 Å². The fourth-order valence-electron chi connectivity index (χ4n) is 1.77. The van der Waals surface area contributed by atoms with E-state index in [1.165, 1.54) is 12.8 Å². The SMILES string of the molecule is CCOC(=O)C[n+]1cc(C2CC2)nc(C)c1N. The average Bonchev–Trinajstić information content (AvgIpc) is 3.08. The maximum Gasteiger partial charge on any atom is 0.348 e. The van der Waals surface area contributed by atoms with Crippen LogP contribution in [0.2, 0.25) is 0 Å². The van der Waals surface area contributed by atoms with Gasteiger partial charge in [-0.3, -0.25) is 5.73 Å². The van der Waals surface area contributed by atoms with Gasteiger partial charge in [0.2, 0.25) is 0 Å². The number of nitrogens with two attached hydrogens (primary N) is 1. The topological polar surface area (TPSA) is 69.1 Å². The second kappa shape index (κ2) is 4.69. The summed E-state index contributed by atoms with van der Waals surface area (Å²) in [5, 5.41) is 0. The number of nitrogens with zero attached hydrogens (tertiary/aromatic N) is 2. The molecule has 5 heteroatoms. The Morgan fingerprint density at radius 2 is 2.35 bits per heavy atom. The highest BCUT2D eigenvalue weighted by atomic mass is 16.5. The average molecular weight is 236 g/mol. The molecule has 1 aliphatic rings. The zero-order chi connectivity index (χ0) is 12.4. The van der Waals surface area contributed by atoms with E-state index in [4.69, 9.17) is 10.5 Å². The summed E-state index contributed by atoms with van der Waals surface area (Å²) in [6.45, 7) is 4.20. The van der Waals surface area contributed by atoms with Crippen LogP contribution >= 0.6 is 0 Å². The molecule has 2 rings (SSSR count). The maximum absolute atomic E-state index is 11.5. The van der Waals surface area contributed by atoms with Crippen LogP contribution in [0, 0.1) is 6.92 Å². The van der Waals surface area contributed by atoms with Crippen LogP contribution in [0.4, 0.5) is 5.82 Å². The fourth-order valence-corrected chi connectivity index (χ4v) is 1.77. The quantitative estimate of drug-likeness (QED) is 0.617. The molecule has 0 unspecified atom stereocenters. The lowest BCUT2D eigenvalue weighted by atomic mass is 10.3. The Labute approximate surface area is 101 Å². The number of nitrogen functional groups attached to an aromatic ring is 1. The van der Waals surface area contributed by atoms with Gasteiger partial charge in [0.05, 0.1) is 12.3 Å². The summed E-state index contributed by atoms with van der Waals surface area (Å²) in [5.74, 6) is 0.807. The van der Waals surface area contributed by atoms with Gasteiger partial charge < -0.3 is 4.74 Å². The second-order valence-electron chi connectivity index (χ2n) is 4.34. The first-order valence-electron chi connectivity index (χ1n) is 5.94. The van der Waals surface area contributed by atoms with Crippen LogP contribution in [-0.4, -0.2) is 17.6 Å². The summed E-state index contributed by atoms with van der Waals surface area (Å²) in [6.07, 6.45) is 4.22. The zero-order valence-electron chi connectivity index (χ0n) is 10.3. The second-order valence-corrected chi connectivity index (χ2v) is 4.34. The number of ether oxygens (including phenoxy) is 1. The van der Waals surface area contributed by atoms with Crippen LogP contribution in [0.25, 0.3) is 0 Å². The third kappa shape index (κ3) is 2.72. The lowest BCUT2D eigenvalue weighted by Gasteiger charge is -2.07. The molecule has 0 aromatic carbocycles. The van der Waals surface area contributed by atoms with Crippen molar-refractivity contribution in [1.82, 2.24) is 4.98 Å². The minimum absolute atomic E-state index is 0.156. The molecule has 0 bridgehead atoms. The van der Waals surface area contributed by atoms with E-state index in [9.17, 15) is 4.79 Å². The van der Waals surface area contributed by atoms with E-state index in [0.717, 1.165) is 11.4 Å². The first kappa shape index (κ1) is 11.8. The van der Waals surface area contributed by atoms with Crippen molar-refractivity contribution in [2.75, 3.05) is 12.3 Å². The number of esters is 1. The molecule has 2 N–H and O–H groups in total. The number of carbonyl (C=O) groups is 1. The van der Waals surface area contributed by atoms with Gasteiger partial charge >= 0.3 is 5.97 Å². The van der Waals surface area contributed by atoms with Crippen LogP contribution < -0.4 is 10.3 Å². The number of anilines is 1. The first-order valence-corrected chi connectivity index (χ1v) is 5.94. The molecular weight excluding hydrogens is 218 g/mol. The van der Waals surface area contributed by atoms with E-state index >= 15 is 0 Å². The largest absolute Gasteiger partial charge is 0.463 e. The zero-order valence-corrected chi connectivity index (χ0v) is 10.3. The minimum atomic E-state index is -0.267. The minimum Gasteiger partial charge on any atom is -0.463 e. The molecule has 0 amide bonds. The molecule has 0 atom stereocenters. The number of carbonyl (C=O) groups excluding carboxylic acids is 1. The molecule has 1 fully saturated rings. The predicted octanol–water partition coefficient (Wildman–Crippen LogP) is 0.700. The standard InChI is InChI=1S/C12H17N3O2/c1-3-17-11(16)7-15-6-10(9-4-5-9)14-8(2)12(15)13/h6,9,13H,3-5,7H2,1-2H3/p+1. The van der Waals surface area contributed by atoms with Gasteiger partial charge in [0.25, 0.3) is 5.82 Å².